The molecular formula is C16H22N2OS. The minimum atomic E-state index is -0.212. The number of benzene rings is 1. The molecule has 2 fully saturated rings. The second kappa shape index (κ2) is 5.41. The van der Waals surface area contributed by atoms with Crippen LogP contribution in [-0.4, -0.2) is 47.3 Å². The van der Waals surface area contributed by atoms with E-state index < -0.39 is 0 Å². The van der Waals surface area contributed by atoms with Crippen molar-refractivity contribution in [3.8, 4) is 0 Å². The minimum Gasteiger partial charge on any atom is -0.339 e. The van der Waals surface area contributed by atoms with E-state index in [1.807, 2.05) is 23.1 Å². The highest BCUT2D eigenvalue weighted by atomic mass is 32.1. The summed E-state index contributed by atoms with van der Waals surface area (Å²) < 4.78 is 0. The molecule has 0 radical (unpaired) electrons. The van der Waals surface area contributed by atoms with Crippen molar-refractivity contribution >= 4 is 18.5 Å². The van der Waals surface area contributed by atoms with Crippen molar-refractivity contribution in [1.82, 2.24) is 9.80 Å². The van der Waals surface area contributed by atoms with Gasteiger partial charge in [0.15, 0.2) is 0 Å². The summed E-state index contributed by atoms with van der Waals surface area (Å²) in [7, 11) is 0. The first-order valence-electron chi connectivity index (χ1n) is 7.40. The topological polar surface area (TPSA) is 23.6 Å². The number of nitrogens with zero attached hydrogens (tertiary/aromatic N) is 2. The quantitative estimate of drug-likeness (QED) is 0.862. The molecule has 1 aliphatic heterocycles. The summed E-state index contributed by atoms with van der Waals surface area (Å²) in [6, 6.07) is 10.3. The van der Waals surface area contributed by atoms with E-state index in [0.29, 0.717) is 5.91 Å². The Balaban J connectivity index is 1.69. The maximum atomic E-state index is 12.8. The second-order valence-corrected chi connectivity index (χ2v) is 6.66. The lowest BCUT2D eigenvalue weighted by atomic mass is 9.94. The lowest BCUT2D eigenvalue weighted by molar-refractivity contribution is -0.135. The zero-order valence-electron chi connectivity index (χ0n) is 12.0. The van der Waals surface area contributed by atoms with E-state index in [0.717, 1.165) is 39.0 Å². The summed E-state index contributed by atoms with van der Waals surface area (Å²) in [5.74, 6) is 0.329. The summed E-state index contributed by atoms with van der Waals surface area (Å²) in [6.07, 6.45) is 2.00. The van der Waals surface area contributed by atoms with Crippen LogP contribution in [0.15, 0.2) is 30.3 Å². The third-order valence-electron chi connectivity index (χ3n) is 4.62. The summed E-state index contributed by atoms with van der Waals surface area (Å²) >= 11 is 4.47. The van der Waals surface area contributed by atoms with Gasteiger partial charge in [-0.15, -0.1) is 0 Å². The molecule has 0 N–H and O–H groups in total. The third kappa shape index (κ3) is 2.47. The Hall–Kier alpha value is -1.00. The van der Waals surface area contributed by atoms with Crippen LogP contribution in [0, 0.1) is 0 Å². The molecule has 1 saturated carbocycles. The number of rotatable bonds is 3. The number of carbonyl (C=O) groups is 1. The minimum absolute atomic E-state index is 0.212. The van der Waals surface area contributed by atoms with Gasteiger partial charge in [0.2, 0.25) is 5.91 Å². The maximum Gasteiger partial charge on any atom is 0.233 e. The molecule has 3 rings (SSSR count). The van der Waals surface area contributed by atoms with Crippen LogP contribution in [0.4, 0.5) is 0 Å². The monoisotopic (exact) mass is 290 g/mol. The van der Waals surface area contributed by atoms with Crippen molar-refractivity contribution in [3.05, 3.63) is 35.9 Å². The van der Waals surface area contributed by atoms with E-state index in [4.69, 9.17) is 0 Å². The van der Waals surface area contributed by atoms with Crippen LogP contribution >= 0.6 is 12.6 Å². The third-order valence-corrected chi connectivity index (χ3v) is 4.94. The van der Waals surface area contributed by atoms with Crippen LogP contribution in [0.5, 0.6) is 0 Å². The fourth-order valence-corrected chi connectivity index (χ4v) is 3.34. The Kier molecular flexibility index (Phi) is 3.78. The maximum absolute atomic E-state index is 12.8. The summed E-state index contributed by atoms with van der Waals surface area (Å²) in [4.78, 5) is 17.2. The Morgan fingerprint density at radius 2 is 1.75 bits per heavy atom. The predicted octanol–water partition coefficient (Wildman–Crippen LogP) is 2.14. The molecule has 1 atom stereocenters. The van der Waals surface area contributed by atoms with Gasteiger partial charge >= 0.3 is 0 Å². The average molecular weight is 290 g/mol. The molecule has 0 aromatic heterocycles. The van der Waals surface area contributed by atoms with Crippen molar-refractivity contribution in [1.29, 1.82) is 0 Å². The first kappa shape index (κ1) is 14.0. The van der Waals surface area contributed by atoms with Gasteiger partial charge in [-0.1, -0.05) is 30.3 Å². The molecule has 1 heterocycles. The van der Waals surface area contributed by atoms with Crippen LogP contribution in [0.1, 0.15) is 25.3 Å². The molecule has 1 aromatic rings. The number of amides is 1. The smallest absolute Gasteiger partial charge is 0.233 e. The first-order valence-corrected chi connectivity index (χ1v) is 7.92. The molecule has 108 valence electrons. The van der Waals surface area contributed by atoms with Crippen molar-refractivity contribution < 1.29 is 4.79 Å². The summed E-state index contributed by atoms with van der Waals surface area (Å²) in [5.41, 5.74) is 0.978. The first-order chi connectivity index (χ1) is 9.63. The molecule has 1 unspecified atom stereocenters. The Bertz CT molecular complexity index is 477. The van der Waals surface area contributed by atoms with Crippen LogP contribution in [0.3, 0.4) is 0 Å². The molecule has 1 amide bonds. The Morgan fingerprint density at radius 3 is 2.25 bits per heavy atom. The molecule has 1 aliphatic carbocycles. The predicted molar refractivity (Wildman–Crippen MR) is 84.0 cm³/mol. The molecule has 0 spiro atoms. The highest BCUT2D eigenvalue weighted by Gasteiger charge is 2.53. The van der Waals surface area contributed by atoms with Gasteiger partial charge in [-0.3, -0.25) is 9.69 Å². The van der Waals surface area contributed by atoms with Gasteiger partial charge in [0.25, 0.3) is 0 Å². The highest BCUT2D eigenvalue weighted by molar-refractivity contribution is 7.80. The number of thiol groups is 1. The van der Waals surface area contributed by atoms with Gasteiger partial charge in [0, 0.05) is 26.2 Å². The molecule has 0 bridgehead atoms. The van der Waals surface area contributed by atoms with Gasteiger partial charge < -0.3 is 4.90 Å². The number of piperazine rings is 1. The molecule has 1 aromatic carbocycles. The Labute approximate surface area is 126 Å². The molecule has 1 saturated heterocycles. The van der Waals surface area contributed by atoms with E-state index in [2.05, 4.69) is 36.6 Å². The van der Waals surface area contributed by atoms with E-state index in [-0.39, 0.29) is 10.8 Å². The van der Waals surface area contributed by atoms with Crippen molar-refractivity contribution in [2.75, 3.05) is 26.2 Å². The fourth-order valence-electron chi connectivity index (χ4n) is 3.11. The highest BCUT2D eigenvalue weighted by Crippen LogP contribution is 2.49. The van der Waals surface area contributed by atoms with Crippen LogP contribution in [0.25, 0.3) is 0 Å². The van der Waals surface area contributed by atoms with Crippen molar-refractivity contribution in [3.63, 3.8) is 0 Å². The molecule has 3 nitrogen and oxygen atoms in total. The van der Waals surface area contributed by atoms with Crippen molar-refractivity contribution in [2.45, 2.75) is 30.6 Å². The normalized spacial score (nSPS) is 23.4. The lowest BCUT2D eigenvalue weighted by Gasteiger charge is -2.38. The lowest BCUT2D eigenvalue weighted by Crippen LogP contribution is -2.52. The van der Waals surface area contributed by atoms with E-state index in [1.165, 1.54) is 5.56 Å². The molecule has 2 aliphatic rings. The largest absolute Gasteiger partial charge is 0.339 e. The number of carbonyl (C=O) groups excluding carboxylic acids is 1. The summed E-state index contributed by atoms with van der Waals surface area (Å²) in [5, 5.41) is 0.274. The van der Waals surface area contributed by atoms with Crippen molar-refractivity contribution in [2.24, 2.45) is 0 Å². The standard InChI is InChI=1S/C16H22N2OS/c1-13(20)17-9-11-18(12-10-17)15(19)16(7-8-16)14-5-3-2-4-6-14/h2-6,13,20H,7-12H2,1H3. The number of hydrogen-bond acceptors (Lipinski definition) is 3. The van der Waals surface area contributed by atoms with Crippen LogP contribution in [-0.2, 0) is 10.2 Å². The summed E-state index contributed by atoms with van der Waals surface area (Å²) in [6.45, 7) is 5.62. The molecule has 20 heavy (non-hydrogen) atoms. The van der Waals surface area contributed by atoms with Gasteiger partial charge in [0.05, 0.1) is 10.8 Å². The van der Waals surface area contributed by atoms with Gasteiger partial charge in [0.1, 0.15) is 0 Å². The van der Waals surface area contributed by atoms with E-state index >= 15 is 0 Å². The molecular weight excluding hydrogens is 268 g/mol. The van der Waals surface area contributed by atoms with Gasteiger partial charge in [-0.05, 0) is 25.3 Å². The fraction of sp³-hybridized carbons (Fsp3) is 0.562. The van der Waals surface area contributed by atoms with Gasteiger partial charge in [-0.2, -0.15) is 12.6 Å². The average Bonchev–Trinajstić information content (AvgIpc) is 3.29. The second-order valence-electron chi connectivity index (χ2n) is 5.91. The molecule has 4 heteroatoms. The Morgan fingerprint density at radius 1 is 1.15 bits per heavy atom. The van der Waals surface area contributed by atoms with E-state index in [9.17, 15) is 4.79 Å². The SMILES string of the molecule is CC(S)N1CCN(C(=O)C2(c3ccccc3)CC2)CC1. The number of hydrogen-bond donors (Lipinski definition) is 1. The van der Waals surface area contributed by atoms with Gasteiger partial charge in [-0.25, -0.2) is 0 Å². The zero-order chi connectivity index (χ0) is 14.2. The van der Waals surface area contributed by atoms with Crippen LogP contribution < -0.4 is 0 Å². The zero-order valence-corrected chi connectivity index (χ0v) is 12.9. The van der Waals surface area contributed by atoms with Crippen LogP contribution in [0.2, 0.25) is 0 Å². The van der Waals surface area contributed by atoms with E-state index in [1.54, 1.807) is 0 Å².